The number of hydrogen-bond acceptors (Lipinski definition) is 5. The number of alkyl halides is 3. The van der Waals surface area contributed by atoms with Gasteiger partial charge in [-0.1, -0.05) is 52.5 Å². The Morgan fingerprint density at radius 3 is 2.88 bits per heavy atom. The highest BCUT2D eigenvalue weighted by Crippen LogP contribution is 2.56. The largest absolute Gasteiger partial charge is 0.497 e. The van der Waals surface area contributed by atoms with Gasteiger partial charge in [0.05, 0.1) is 19.8 Å². The van der Waals surface area contributed by atoms with Crippen LogP contribution in [0.3, 0.4) is 0 Å². The minimum absolute atomic E-state index is 0.0518. The van der Waals surface area contributed by atoms with Crippen LogP contribution in [0.15, 0.2) is 29.8 Å². The highest BCUT2D eigenvalue weighted by atomic mass is 35.6. The Bertz CT molecular complexity index is 1030. The molecule has 5 atom stereocenters. The van der Waals surface area contributed by atoms with E-state index in [4.69, 9.17) is 49.0 Å². The standard InChI is InChI=1S/C23H25Cl3N2O5/c1-3-12-9-28(21(30)33-11-23(24,25)26)18-8-22(19-7-14(12)15(18)10-32-19)16-5-4-13(31-2)6-17(16)27-20(22)29/h3-6,14-15,18-19H,7-11H2,1-2H3,(H,27,29)/b12-3+/t14-,15?,18-,19-,22-/m0/s1. The Kier molecular flexibility index (Phi) is 5.75. The summed E-state index contributed by atoms with van der Waals surface area (Å²) < 4.78 is 15.3. The summed E-state index contributed by atoms with van der Waals surface area (Å²) in [7, 11) is 1.59. The van der Waals surface area contributed by atoms with Crippen molar-refractivity contribution < 1.29 is 23.8 Å². The van der Waals surface area contributed by atoms with Gasteiger partial charge in [-0.05, 0) is 37.3 Å². The number of rotatable bonds is 2. The van der Waals surface area contributed by atoms with Crippen molar-refractivity contribution in [3.05, 3.63) is 35.4 Å². The lowest BCUT2D eigenvalue weighted by atomic mass is 9.72. The highest BCUT2D eigenvalue weighted by molar-refractivity contribution is 6.67. The lowest BCUT2D eigenvalue weighted by molar-refractivity contribution is -0.129. The molecule has 4 aliphatic heterocycles. The number of carbonyl (C=O) groups excluding carboxylic acids is 2. The zero-order valence-corrected chi connectivity index (χ0v) is 20.5. The molecule has 1 aromatic carbocycles. The van der Waals surface area contributed by atoms with E-state index in [1.54, 1.807) is 12.0 Å². The predicted octanol–water partition coefficient (Wildman–Crippen LogP) is 4.45. The number of piperidine rings is 1. The van der Waals surface area contributed by atoms with Gasteiger partial charge in [0.15, 0.2) is 0 Å². The summed E-state index contributed by atoms with van der Waals surface area (Å²) in [5.74, 6) is 0.832. The maximum Gasteiger partial charge on any atom is 0.410 e. The van der Waals surface area contributed by atoms with Crippen LogP contribution in [0.4, 0.5) is 10.5 Å². The minimum Gasteiger partial charge on any atom is -0.497 e. The number of halogens is 3. The molecule has 33 heavy (non-hydrogen) atoms. The number of nitrogens with zero attached hydrogens (tertiary/aromatic N) is 1. The number of carbonyl (C=O) groups is 2. The third-order valence-corrected chi connectivity index (χ3v) is 7.93. The molecule has 1 N–H and O–H groups in total. The number of likely N-dealkylation sites (tertiary alicyclic amines) is 1. The fourth-order valence-corrected chi connectivity index (χ4v) is 6.27. The molecule has 178 valence electrons. The van der Waals surface area contributed by atoms with Gasteiger partial charge >= 0.3 is 6.09 Å². The van der Waals surface area contributed by atoms with Crippen LogP contribution in [0.5, 0.6) is 5.75 Å². The Hall–Kier alpha value is -1.67. The first-order chi connectivity index (χ1) is 15.7. The number of fused-ring (bicyclic) bond motifs is 2. The van der Waals surface area contributed by atoms with Crippen molar-refractivity contribution in [1.29, 1.82) is 0 Å². The van der Waals surface area contributed by atoms with Gasteiger partial charge in [0.25, 0.3) is 0 Å². The molecule has 4 heterocycles. The van der Waals surface area contributed by atoms with Crippen LogP contribution in [-0.4, -0.2) is 59.7 Å². The molecule has 7 nitrogen and oxygen atoms in total. The Labute approximate surface area is 207 Å². The van der Waals surface area contributed by atoms with Crippen LogP contribution in [-0.2, 0) is 19.7 Å². The smallest absolute Gasteiger partial charge is 0.410 e. The number of anilines is 1. The van der Waals surface area contributed by atoms with Gasteiger partial charge in [-0.15, -0.1) is 0 Å². The molecule has 5 aliphatic rings. The number of methoxy groups -OCH3 is 1. The average molecular weight is 516 g/mol. The van der Waals surface area contributed by atoms with E-state index in [0.717, 1.165) is 23.2 Å². The second-order valence-corrected chi connectivity index (χ2v) is 11.6. The summed E-state index contributed by atoms with van der Waals surface area (Å²) in [6.45, 7) is 2.50. The monoisotopic (exact) mass is 514 g/mol. The van der Waals surface area contributed by atoms with Crippen molar-refractivity contribution in [3.8, 4) is 5.75 Å². The van der Waals surface area contributed by atoms with E-state index in [9.17, 15) is 9.59 Å². The van der Waals surface area contributed by atoms with Gasteiger partial charge < -0.3 is 24.4 Å². The van der Waals surface area contributed by atoms with E-state index in [1.165, 1.54) is 0 Å². The summed E-state index contributed by atoms with van der Waals surface area (Å²) in [6.07, 6.45) is 2.35. The fourth-order valence-electron chi connectivity index (χ4n) is 6.10. The molecule has 6 rings (SSSR count). The Morgan fingerprint density at radius 1 is 1.39 bits per heavy atom. The molecule has 4 fully saturated rings. The first kappa shape index (κ1) is 23.1. The molecule has 3 saturated heterocycles. The first-order valence-electron chi connectivity index (χ1n) is 10.9. The van der Waals surface area contributed by atoms with E-state index >= 15 is 0 Å². The predicted molar refractivity (Wildman–Crippen MR) is 125 cm³/mol. The maximum absolute atomic E-state index is 13.6. The average Bonchev–Trinajstić information content (AvgIpc) is 2.90. The molecule has 1 spiro atoms. The molecule has 1 aromatic rings. The molecular weight excluding hydrogens is 491 g/mol. The van der Waals surface area contributed by atoms with Crippen LogP contribution in [0.2, 0.25) is 0 Å². The van der Waals surface area contributed by atoms with Gasteiger partial charge in [-0.25, -0.2) is 4.79 Å². The second-order valence-electron chi connectivity index (χ2n) is 9.10. The van der Waals surface area contributed by atoms with Gasteiger partial charge in [0.2, 0.25) is 9.70 Å². The number of benzene rings is 1. The van der Waals surface area contributed by atoms with Crippen molar-refractivity contribution in [2.24, 2.45) is 11.8 Å². The lowest BCUT2D eigenvalue weighted by Gasteiger charge is -2.46. The molecule has 10 heteroatoms. The molecule has 1 aliphatic carbocycles. The van der Waals surface area contributed by atoms with Crippen LogP contribution in [0, 0.1) is 11.8 Å². The van der Waals surface area contributed by atoms with Crippen LogP contribution < -0.4 is 10.1 Å². The van der Waals surface area contributed by atoms with Crippen LogP contribution >= 0.6 is 34.8 Å². The van der Waals surface area contributed by atoms with E-state index in [1.807, 2.05) is 25.1 Å². The third kappa shape index (κ3) is 3.68. The molecule has 0 radical (unpaired) electrons. The van der Waals surface area contributed by atoms with Crippen molar-refractivity contribution in [1.82, 2.24) is 4.90 Å². The van der Waals surface area contributed by atoms with Crippen molar-refractivity contribution >= 4 is 52.5 Å². The van der Waals surface area contributed by atoms with Gasteiger partial charge in [-0.3, -0.25) is 4.79 Å². The van der Waals surface area contributed by atoms with E-state index in [2.05, 4.69) is 11.4 Å². The lowest BCUT2D eigenvalue weighted by Crippen LogP contribution is -2.54. The summed E-state index contributed by atoms with van der Waals surface area (Å²) >= 11 is 17.4. The number of amides is 2. The zero-order valence-electron chi connectivity index (χ0n) is 18.3. The van der Waals surface area contributed by atoms with Crippen molar-refractivity contribution in [2.75, 3.05) is 32.2 Å². The van der Waals surface area contributed by atoms with E-state index in [0.29, 0.717) is 25.3 Å². The summed E-state index contributed by atoms with van der Waals surface area (Å²) in [6, 6.07) is 5.36. The molecule has 1 unspecified atom stereocenters. The SMILES string of the molecule is C/C=C1\CN(C(=O)OCC(Cl)(Cl)Cl)[C@H]2C[C@@]3(C(=O)Nc4cc(OC)ccc43)[C@@H]3C[C@@H]1C2CO3. The Balaban J connectivity index is 1.56. The highest BCUT2D eigenvalue weighted by Gasteiger charge is 2.63. The first-order valence-corrected chi connectivity index (χ1v) is 12.1. The summed E-state index contributed by atoms with van der Waals surface area (Å²) in [5.41, 5.74) is 1.83. The van der Waals surface area contributed by atoms with E-state index < -0.39 is 15.3 Å². The van der Waals surface area contributed by atoms with Crippen LogP contribution in [0.25, 0.3) is 0 Å². The second kappa shape index (κ2) is 8.22. The normalized spacial score (nSPS) is 33.7. The third-order valence-electron chi connectivity index (χ3n) is 7.60. The van der Waals surface area contributed by atoms with Gasteiger partial charge in [0, 0.05) is 30.3 Å². The molecule has 0 aromatic heterocycles. The number of ether oxygens (including phenoxy) is 3. The van der Waals surface area contributed by atoms with E-state index in [-0.39, 0.29) is 36.5 Å². The summed E-state index contributed by atoms with van der Waals surface area (Å²) in [4.78, 5) is 28.4. The van der Waals surface area contributed by atoms with Gasteiger partial charge in [-0.2, -0.15) is 0 Å². The molecule has 2 amide bonds. The molecular formula is C23H25Cl3N2O5. The Morgan fingerprint density at radius 2 is 2.18 bits per heavy atom. The number of allylic oxidation sites excluding steroid dienone is 1. The van der Waals surface area contributed by atoms with Crippen molar-refractivity contribution in [2.45, 2.75) is 41.1 Å². The summed E-state index contributed by atoms with van der Waals surface area (Å²) in [5, 5.41) is 3.04. The van der Waals surface area contributed by atoms with Crippen molar-refractivity contribution in [3.63, 3.8) is 0 Å². The molecule has 4 bridgehead atoms. The minimum atomic E-state index is -1.70. The fraction of sp³-hybridized carbons (Fsp3) is 0.565. The number of nitrogens with one attached hydrogen (secondary N) is 1. The maximum atomic E-state index is 13.6. The van der Waals surface area contributed by atoms with Crippen LogP contribution in [0.1, 0.15) is 25.3 Å². The quantitative estimate of drug-likeness (QED) is 0.465. The number of hydrogen-bond donors (Lipinski definition) is 1. The van der Waals surface area contributed by atoms with Gasteiger partial charge in [0.1, 0.15) is 17.8 Å². The zero-order chi connectivity index (χ0) is 23.5. The molecule has 1 saturated carbocycles. The topological polar surface area (TPSA) is 77.1 Å².